The fourth-order valence-electron chi connectivity index (χ4n) is 3.24. The zero-order valence-electron chi connectivity index (χ0n) is 13.4. The summed E-state index contributed by atoms with van der Waals surface area (Å²) in [4.78, 5) is 13.4. The van der Waals surface area contributed by atoms with E-state index in [1.165, 1.54) is 12.6 Å². The minimum Gasteiger partial charge on any atom is -0.395 e. The van der Waals surface area contributed by atoms with Gasteiger partial charge >= 0.3 is 0 Å². The Hall–Kier alpha value is -1.50. The number of nitrogens with one attached hydrogen (secondary N) is 1. The molecule has 1 aromatic rings. The van der Waals surface area contributed by atoms with Gasteiger partial charge in [-0.2, -0.15) is 0 Å². The van der Waals surface area contributed by atoms with Crippen LogP contribution in [0.15, 0.2) is 30.3 Å². The van der Waals surface area contributed by atoms with E-state index < -0.39 is 24.4 Å². The first-order valence-corrected chi connectivity index (χ1v) is 8.01. The molecule has 1 heterocycles. The molecular weight excluding hydrogens is 299 g/mol. The van der Waals surface area contributed by atoms with Crippen molar-refractivity contribution in [2.45, 2.75) is 43.6 Å². The van der Waals surface area contributed by atoms with Crippen LogP contribution in [0.4, 0.5) is 4.39 Å². The summed E-state index contributed by atoms with van der Waals surface area (Å²) >= 11 is 0. The minimum atomic E-state index is -1.54. The van der Waals surface area contributed by atoms with Crippen molar-refractivity contribution in [1.82, 2.24) is 10.2 Å². The Bertz CT molecular complexity index is 500. The average Bonchev–Trinajstić information content (AvgIpc) is 2.80. The summed E-state index contributed by atoms with van der Waals surface area (Å²) in [5, 5.41) is 22.0. The number of alkyl halides is 1. The summed E-state index contributed by atoms with van der Waals surface area (Å²) < 4.78 is 14.2. The second-order valence-corrected chi connectivity index (χ2v) is 5.96. The van der Waals surface area contributed by atoms with E-state index in [0.29, 0.717) is 6.54 Å². The number of halogens is 1. The zero-order chi connectivity index (χ0) is 16.8. The van der Waals surface area contributed by atoms with Gasteiger partial charge in [-0.3, -0.25) is 9.69 Å². The fraction of sp³-hybridized carbons (Fsp3) is 0.588. The molecule has 1 saturated heterocycles. The molecule has 4 atom stereocenters. The van der Waals surface area contributed by atoms with Crippen LogP contribution in [0.1, 0.15) is 18.4 Å². The lowest BCUT2D eigenvalue weighted by molar-refractivity contribution is -0.122. The quantitative estimate of drug-likeness (QED) is 0.683. The van der Waals surface area contributed by atoms with Crippen LogP contribution in [0.2, 0.25) is 0 Å². The number of carbonyl (C=O) groups excluding carboxylic acids is 1. The van der Waals surface area contributed by atoms with Crippen LogP contribution in [-0.4, -0.2) is 65.6 Å². The molecule has 3 N–H and O–H groups in total. The molecule has 0 bridgehead atoms. The van der Waals surface area contributed by atoms with Crippen molar-refractivity contribution in [3.8, 4) is 0 Å². The van der Waals surface area contributed by atoms with Crippen molar-refractivity contribution in [1.29, 1.82) is 0 Å². The number of hydrogen-bond donors (Lipinski definition) is 3. The van der Waals surface area contributed by atoms with Crippen LogP contribution in [-0.2, 0) is 11.2 Å². The Morgan fingerprint density at radius 2 is 2.00 bits per heavy atom. The van der Waals surface area contributed by atoms with Crippen LogP contribution in [0, 0.1) is 0 Å². The second-order valence-electron chi connectivity index (χ2n) is 5.96. The standard InChI is InChI=1S/C17H25FN2O3/c1-19-15(22)10-13-17(23)16(18)14(11-21)20(13)9-5-8-12-6-3-2-4-7-12/h2-4,6-7,13-14,16-17,21,23H,5,8-11H2,1H3,(H,19,22)/t13?,14-,16-,17-/m1/s1. The monoisotopic (exact) mass is 324 g/mol. The van der Waals surface area contributed by atoms with E-state index in [0.717, 1.165) is 12.8 Å². The van der Waals surface area contributed by atoms with E-state index in [9.17, 15) is 19.4 Å². The Morgan fingerprint density at radius 3 is 2.61 bits per heavy atom. The SMILES string of the molecule is CNC(=O)CC1[C@@H](O)[C@H](F)[C@@H](CO)N1CCCc1ccccc1. The molecule has 5 nitrogen and oxygen atoms in total. The maximum Gasteiger partial charge on any atom is 0.221 e. The highest BCUT2D eigenvalue weighted by molar-refractivity contribution is 5.76. The first-order valence-electron chi connectivity index (χ1n) is 8.01. The molecule has 128 valence electrons. The van der Waals surface area contributed by atoms with E-state index in [4.69, 9.17) is 0 Å². The van der Waals surface area contributed by atoms with E-state index in [1.807, 2.05) is 30.3 Å². The van der Waals surface area contributed by atoms with Gasteiger partial charge in [0, 0.05) is 19.5 Å². The van der Waals surface area contributed by atoms with Crippen molar-refractivity contribution < 1.29 is 19.4 Å². The van der Waals surface area contributed by atoms with Gasteiger partial charge in [0.25, 0.3) is 0 Å². The van der Waals surface area contributed by atoms with Crippen LogP contribution < -0.4 is 5.32 Å². The number of rotatable bonds is 7. The molecule has 1 unspecified atom stereocenters. The highest BCUT2D eigenvalue weighted by Crippen LogP contribution is 2.30. The molecule has 0 saturated carbocycles. The highest BCUT2D eigenvalue weighted by atomic mass is 19.1. The van der Waals surface area contributed by atoms with E-state index >= 15 is 0 Å². The molecule has 0 aliphatic carbocycles. The van der Waals surface area contributed by atoms with Gasteiger partial charge in [-0.05, 0) is 24.9 Å². The summed E-state index contributed by atoms with van der Waals surface area (Å²) in [6.07, 6.45) is -1.16. The average molecular weight is 324 g/mol. The summed E-state index contributed by atoms with van der Waals surface area (Å²) in [5.74, 6) is -0.243. The third-order valence-corrected chi connectivity index (χ3v) is 4.53. The van der Waals surface area contributed by atoms with Crippen molar-refractivity contribution in [3.63, 3.8) is 0 Å². The van der Waals surface area contributed by atoms with Crippen molar-refractivity contribution in [2.75, 3.05) is 20.2 Å². The third kappa shape index (κ3) is 4.28. The molecular formula is C17H25FN2O3. The largest absolute Gasteiger partial charge is 0.395 e. The van der Waals surface area contributed by atoms with Crippen molar-refractivity contribution in [3.05, 3.63) is 35.9 Å². The summed E-state index contributed by atoms with van der Waals surface area (Å²) in [7, 11) is 1.51. The topological polar surface area (TPSA) is 72.8 Å². The Labute approximate surface area is 136 Å². The first-order chi connectivity index (χ1) is 11.1. The molecule has 0 spiro atoms. The lowest BCUT2D eigenvalue weighted by atomic mass is 10.1. The van der Waals surface area contributed by atoms with Gasteiger partial charge in [0.1, 0.15) is 12.3 Å². The molecule has 6 heteroatoms. The van der Waals surface area contributed by atoms with Crippen LogP contribution in [0.3, 0.4) is 0 Å². The lowest BCUT2D eigenvalue weighted by Crippen LogP contribution is -2.43. The van der Waals surface area contributed by atoms with E-state index in [2.05, 4.69) is 5.32 Å². The normalized spacial score (nSPS) is 28.0. The molecule has 1 aliphatic heterocycles. The molecule has 1 fully saturated rings. The number of likely N-dealkylation sites (tertiary alicyclic amines) is 1. The predicted molar refractivity (Wildman–Crippen MR) is 85.7 cm³/mol. The minimum absolute atomic E-state index is 0.0277. The number of amides is 1. The van der Waals surface area contributed by atoms with Crippen LogP contribution in [0.5, 0.6) is 0 Å². The molecule has 23 heavy (non-hydrogen) atoms. The smallest absolute Gasteiger partial charge is 0.221 e. The lowest BCUT2D eigenvalue weighted by Gasteiger charge is -2.29. The molecule has 0 aromatic heterocycles. The van der Waals surface area contributed by atoms with E-state index in [1.54, 1.807) is 4.90 Å². The molecule has 0 radical (unpaired) electrons. The molecule has 1 aromatic carbocycles. The second kappa shape index (κ2) is 8.38. The number of hydrogen-bond acceptors (Lipinski definition) is 4. The van der Waals surface area contributed by atoms with E-state index in [-0.39, 0.29) is 18.9 Å². The van der Waals surface area contributed by atoms with Gasteiger partial charge < -0.3 is 15.5 Å². The Morgan fingerprint density at radius 1 is 1.30 bits per heavy atom. The molecule has 1 amide bonds. The van der Waals surface area contributed by atoms with Crippen LogP contribution >= 0.6 is 0 Å². The van der Waals surface area contributed by atoms with Crippen molar-refractivity contribution in [2.24, 2.45) is 0 Å². The number of aliphatic hydroxyl groups is 2. The van der Waals surface area contributed by atoms with Gasteiger partial charge in [-0.1, -0.05) is 30.3 Å². The Balaban J connectivity index is 2.00. The third-order valence-electron chi connectivity index (χ3n) is 4.53. The van der Waals surface area contributed by atoms with Gasteiger partial charge in [-0.15, -0.1) is 0 Å². The maximum atomic E-state index is 14.2. The zero-order valence-corrected chi connectivity index (χ0v) is 13.4. The number of nitrogens with zero attached hydrogens (tertiary/aromatic N) is 1. The van der Waals surface area contributed by atoms with Gasteiger partial charge in [0.05, 0.1) is 12.6 Å². The molecule has 2 rings (SSSR count). The first kappa shape index (κ1) is 17.8. The van der Waals surface area contributed by atoms with Gasteiger partial charge in [0.15, 0.2) is 0 Å². The highest BCUT2D eigenvalue weighted by Gasteiger charge is 2.48. The van der Waals surface area contributed by atoms with Gasteiger partial charge in [-0.25, -0.2) is 4.39 Å². The summed E-state index contributed by atoms with van der Waals surface area (Å²) in [6.45, 7) is 0.160. The summed E-state index contributed by atoms with van der Waals surface area (Å²) in [6, 6.07) is 8.60. The number of benzene rings is 1. The Kier molecular flexibility index (Phi) is 6.50. The van der Waals surface area contributed by atoms with Crippen LogP contribution in [0.25, 0.3) is 0 Å². The number of aryl methyl sites for hydroxylation is 1. The summed E-state index contributed by atoms with van der Waals surface area (Å²) in [5.41, 5.74) is 1.19. The number of aliphatic hydroxyl groups excluding tert-OH is 2. The maximum absolute atomic E-state index is 14.2. The number of carbonyl (C=O) groups is 1. The fourth-order valence-corrected chi connectivity index (χ4v) is 3.24. The predicted octanol–water partition coefficient (Wildman–Crippen LogP) is 0.499. The molecule has 1 aliphatic rings. The van der Waals surface area contributed by atoms with Gasteiger partial charge in [0.2, 0.25) is 5.91 Å². The van der Waals surface area contributed by atoms with Crippen molar-refractivity contribution >= 4 is 5.91 Å².